The summed E-state index contributed by atoms with van der Waals surface area (Å²) in [6.45, 7) is 0. The third-order valence-electron chi connectivity index (χ3n) is 3.89. The first-order valence-corrected chi connectivity index (χ1v) is 8.22. The number of aliphatic hydroxyl groups is 1. The van der Waals surface area contributed by atoms with Crippen LogP contribution >= 0.6 is 11.8 Å². The highest BCUT2D eigenvalue weighted by Crippen LogP contribution is 2.37. The monoisotopic (exact) mass is 296 g/mol. The van der Waals surface area contributed by atoms with Crippen molar-refractivity contribution in [3.05, 3.63) is 6.33 Å². The van der Waals surface area contributed by atoms with E-state index in [4.69, 9.17) is 0 Å². The molecule has 110 valence electrons. The van der Waals surface area contributed by atoms with Gasteiger partial charge < -0.3 is 15.0 Å². The van der Waals surface area contributed by atoms with Crippen LogP contribution in [0.4, 0.5) is 0 Å². The lowest BCUT2D eigenvalue weighted by Crippen LogP contribution is -2.45. The summed E-state index contributed by atoms with van der Waals surface area (Å²) in [4.78, 5) is 11.9. The van der Waals surface area contributed by atoms with E-state index < -0.39 is 6.10 Å². The molecule has 0 bridgehead atoms. The summed E-state index contributed by atoms with van der Waals surface area (Å²) in [5.41, 5.74) is 0. The van der Waals surface area contributed by atoms with Gasteiger partial charge in [0.25, 0.3) is 0 Å². The molecule has 7 heteroatoms. The number of carbonyl (C=O) groups excluding carboxylic acids is 1. The van der Waals surface area contributed by atoms with E-state index in [1.165, 1.54) is 24.6 Å². The Morgan fingerprint density at radius 3 is 2.95 bits per heavy atom. The van der Waals surface area contributed by atoms with Crippen molar-refractivity contribution in [3.8, 4) is 0 Å². The zero-order chi connectivity index (χ0) is 13.9. The lowest BCUT2D eigenvalue weighted by atomic mass is 9.93. The highest BCUT2D eigenvalue weighted by Gasteiger charge is 2.27. The van der Waals surface area contributed by atoms with Crippen LogP contribution in [0.3, 0.4) is 0 Å². The Labute approximate surface area is 122 Å². The number of carbonyl (C=O) groups is 1. The Kier molecular flexibility index (Phi) is 4.26. The van der Waals surface area contributed by atoms with E-state index in [1.807, 2.05) is 4.57 Å². The zero-order valence-electron chi connectivity index (χ0n) is 11.4. The lowest BCUT2D eigenvalue weighted by molar-refractivity contribution is -0.120. The molecule has 0 radical (unpaired) electrons. The molecule has 0 aromatic carbocycles. The van der Waals surface area contributed by atoms with Crippen LogP contribution in [0.2, 0.25) is 0 Å². The van der Waals surface area contributed by atoms with Gasteiger partial charge in [-0.25, -0.2) is 0 Å². The van der Waals surface area contributed by atoms with Crippen molar-refractivity contribution < 1.29 is 9.90 Å². The number of aliphatic hydroxyl groups excluding tert-OH is 1. The normalized spacial score (nSPS) is 26.4. The fraction of sp³-hybridized carbons (Fsp3) is 0.769. The Bertz CT molecular complexity index is 475. The first-order chi connectivity index (χ1) is 9.74. The molecule has 2 atom stereocenters. The second-order valence-electron chi connectivity index (χ2n) is 5.57. The van der Waals surface area contributed by atoms with Gasteiger partial charge in [0.1, 0.15) is 6.33 Å². The highest BCUT2D eigenvalue weighted by molar-refractivity contribution is 7.99. The molecule has 3 rings (SSSR count). The van der Waals surface area contributed by atoms with Crippen LogP contribution in [0.1, 0.15) is 44.6 Å². The molecule has 1 aromatic heterocycles. The summed E-state index contributed by atoms with van der Waals surface area (Å²) in [6.07, 6.45) is 7.47. The van der Waals surface area contributed by atoms with Crippen LogP contribution in [0.25, 0.3) is 0 Å². The van der Waals surface area contributed by atoms with E-state index in [-0.39, 0.29) is 11.9 Å². The SMILES string of the molecule is O=C(CSc1nncn1C1CC1)NC1CCCCC1O. The smallest absolute Gasteiger partial charge is 0.230 e. The van der Waals surface area contributed by atoms with Gasteiger partial charge in [-0.2, -0.15) is 0 Å². The minimum atomic E-state index is -0.396. The number of hydrogen-bond donors (Lipinski definition) is 2. The predicted molar refractivity (Wildman–Crippen MR) is 75.4 cm³/mol. The van der Waals surface area contributed by atoms with E-state index in [9.17, 15) is 9.90 Å². The van der Waals surface area contributed by atoms with Crippen LogP contribution < -0.4 is 5.32 Å². The third-order valence-corrected chi connectivity index (χ3v) is 4.85. The first kappa shape index (κ1) is 13.9. The molecule has 2 aliphatic rings. The maximum absolute atomic E-state index is 11.9. The summed E-state index contributed by atoms with van der Waals surface area (Å²) in [6, 6.07) is 0.439. The molecular formula is C13H20N4O2S. The molecule has 2 fully saturated rings. The average Bonchev–Trinajstić information content (AvgIpc) is 3.18. The van der Waals surface area contributed by atoms with Crippen LogP contribution in [-0.2, 0) is 4.79 Å². The topological polar surface area (TPSA) is 80.0 Å². The Balaban J connectivity index is 1.47. The van der Waals surface area contributed by atoms with Gasteiger partial charge >= 0.3 is 0 Å². The van der Waals surface area contributed by atoms with Gasteiger partial charge in [-0.1, -0.05) is 24.6 Å². The second-order valence-corrected chi connectivity index (χ2v) is 6.51. The summed E-state index contributed by atoms with van der Waals surface area (Å²) >= 11 is 1.42. The summed E-state index contributed by atoms with van der Waals surface area (Å²) in [7, 11) is 0. The number of amides is 1. The molecule has 0 spiro atoms. The van der Waals surface area contributed by atoms with Gasteiger partial charge in [0.05, 0.1) is 17.9 Å². The first-order valence-electron chi connectivity index (χ1n) is 7.24. The fourth-order valence-electron chi connectivity index (χ4n) is 2.60. The lowest BCUT2D eigenvalue weighted by Gasteiger charge is -2.28. The largest absolute Gasteiger partial charge is 0.391 e. The number of nitrogens with one attached hydrogen (secondary N) is 1. The summed E-state index contributed by atoms with van der Waals surface area (Å²) in [5.74, 6) is 0.292. The molecule has 2 unspecified atom stereocenters. The van der Waals surface area contributed by atoms with E-state index in [0.29, 0.717) is 11.8 Å². The van der Waals surface area contributed by atoms with Gasteiger partial charge in [-0.15, -0.1) is 10.2 Å². The van der Waals surface area contributed by atoms with Crippen molar-refractivity contribution in [1.29, 1.82) is 0 Å². The molecule has 1 aromatic rings. The van der Waals surface area contributed by atoms with Crippen molar-refractivity contribution in [2.75, 3.05) is 5.75 Å². The number of nitrogens with zero attached hydrogens (tertiary/aromatic N) is 3. The Morgan fingerprint density at radius 2 is 2.20 bits per heavy atom. The van der Waals surface area contributed by atoms with Gasteiger partial charge in [-0.3, -0.25) is 4.79 Å². The van der Waals surface area contributed by atoms with Gasteiger partial charge in [0.2, 0.25) is 5.91 Å². The molecular weight excluding hydrogens is 276 g/mol. The fourth-order valence-corrected chi connectivity index (χ4v) is 3.39. The molecule has 2 saturated carbocycles. The molecule has 0 aliphatic heterocycles. The summed E-state index contributed by atoms with van der Waals surface area (Å²) in [5, 5.41) is 21.6. The van der Waals surface area contributed by atoms with Crippen molar-refractivity contribution in [3.63, 3.8) is 0 Å². The molecule has 2 aliphatic carbocycles. The summed E-state index contributed by atoms with van der Waals surface area (Å²) < 4.78 is 2.05. The van der Waals surface area contributed by atoms with Gasteiger partial charge in [0.15, 0.2) is 5.16 Å². The number of rotatable bonds is 5. The molecule has 20 heavy (non-hydrogen) atoms. The number of aromatic nitrogens is 3. The van der Waals surface area contributed by atoms with E-state index >= 15 is 0 Å². The average molecular weight is 296 g/mol. The Hall–Kier alpha value is -1.08. The predicted octanol–water partition coefficient (Wildman–Crippen LogP) is 1.12. The van der Waals surface area contributed by atoms with Crippen LogP contribution in [-0.4, -0.2) is 43.7 Å². The number of thioether (sulfide) groups is 1. The van der Waals surface area contributed by atoms with E-state index in [0.717, 1.165) is 30.8 Å². The molecule has 1 heterocycles. The van der Waals surface area contributed by atoms with Crippen LogP contribution in [0.5, 0.6) is 0 Å². The van der Waals surface area contributed by atoms with E-state index in [2.05, 4.69) is 15.5 Å². The number of hydrogen-bond acceptors (Lipinski definition) is 5. The van der Waals surface area contributed by atoms with Crippen LogP contribution in [0.15, 0.2) is 11.5 Å². The highest BCUT2D eigenvalue weighted by atomic mass is 32.2. The van der Waals surface area contributed by atoms with Crippen molar-refractivity contribution in [1.82, 2.24) is 20.1 Å². The van der Waals surface area contributed by atoms with E-state index in [1.54, 1.807) is 6.33 Å². The van der Waals surface area contributed by atoms with Crippen LogP contribution in [0, 0.1) is 0 Å². The third kappa shape index (κ3) is 3.32. The van der Waals surface area contributed by atoms with Crippen molar-refractivity contribution >= 4 is 17.7 Å². The standard InChI is InChI=1S/C13H20N4O2S/c18-11-4-2-1-3-10(11)15-12(19)7-20-13-16-14-8-17(13)9-5-6-9/h8-11,18H,1-7H2,(H,15,19). The molecule has 0 saturated heterocycles. The second kappa shape index (κ2) is 6.13. The van der Waals surface area contributed by atoms with Gasteiger partial charge in [0, 0.05) is 6.04 Å². The Morgan fingerprint density at radius 1 is 1.40 bits per heavy atom. The minimum absolute atomic E-state index is 0.0358. The zero-order valence-corrected chi connectivity index (χ0v) is 12.2. The quantitative estimate of drug-likeness (QED) is 0.796. The molecule has 1 amide bonds. The molecule has 2 N–H and O–H groups in total. The molecule has 6 nitrogen and oxygen atoms in total. The maximum Gasteiger partial charge on any atom is 0.230 e. The van der Waals surface area contributed by atoms with Crippen molar-refractivity contribution in [2.45, 2.75) is 61.9 Å². The minimum Gasteiger partial charge on any atom is -0.391 e. The van der Waals surface area contributed by atoms with Crippen molar-refractivity contribution in [2.24, 2.45) is 0 Å². The van der Waals surface area contributed by atoms with Gasteiger partial charge in [-0.05, 0) is 25.7 Å². The maximum atomic E-state index is 11.9.